The largest absolute Gasteiger partial charge is 0.494 e. The number of carbonyl (C=O) groups is 1. The van der Waals surface area contributed by atoms with Crippen molar-refractivity contribution in [3.63, 3.8) is 0 Å². The molecule has 0 saturated carbocycles. The summed E-state index contributed by atoms with van der Waals surface area (Å²) >= 11 is 0. The van der Waals surface area contributed by atoms with Crippen LogP contribution in [0.15, 0.2) is 36.4 Å². The van der Waals surface area contributed by atoms with E-state index in [4.69, 9.17) is 10.5 Å². The Morgan fingerprint density at radius 3 is 2.71 bits per heavy atom. The molecule has 0 atom stereocenters. The van der Waals surface area contributed by atoms with Crippen molar-refractivity contribution in [3.8, 4) is 5.75 Å². The highest BCUT2D eigenvalue weighted by atomic mass is 19.1. The van der Waals surface area contributed by atoms with E-state index in [2.05, 4.69) is 5.32 Å². The number of nitrogens with one attached hydrogen (secondary N) is 1. The summed E-state index contributed by atoms with van der Waals surface area (Å²) in [6.07, 6.45) is 0. The first-order valence-corrected chi connectivity index (χ1v) is 6.60. The Balaban J connectivity index is 2.21. The molecule has 5 heteroatoms. The Morgan fingerprint density at radius 1 is 1.29 bits per heavy atom. The molecule has 0 heterocycles. The first-order valence-electron chi connectivity index (χ1n) is 6.60. The van der Waals surface area contributed by atoms with E-state index < -0.39 is 0 Å². The van der Waals surface area contributed by atoms with Crippen LogP contribution in [0.3, 0.4) is 0 Å². The van der Waals surface area contributed by atoms with Gasteiger partial charge in [0, 0.05) is 23.0 Å². The van der Waals surface area contributed by atoms with Crippen molar-refractivity contribution in [2.45, 2.75) is 13.8 Å². The van der Waals surface area contributed by atoms with Crippen molar-refractivity contribution in [3.05, 3.63) is 53.3 Å². The molecule has 21 heavy (non-hydrogen) atoms. The van der Waals surface area contributed by atoms with Gasteiger partial charge in [-0.15, -0.1) is 0 Å². The van der Waals surface area contributed by atoms with Gasteiger partial charge in [-0.25, -0.2) is 4.39 Å². The highest BCUT2D eigenvalue weighted by Gasteiger charge is 2.10. The number of anilines is 2. The van der Waals surface area contributed by atoms with Gasteiger partial charge >= 0.3 is 0 Å². The third kappa shape index (κ3) is 3.72. The monoisotopic (exact) mass is 288 g/mol. The molecule has 0 aromatic heterocycles. The summed E-state index contributed by atoms with van der Waals surface area (Å²) in [6.45, 7) is 3.98. The number of ether oxygens (including phenoxy) is 1. The van der Waals surface area contributed by atoms with Gasteiger partial charge in [0.15, 0.2) is 0 Å². The molecule has 2 rings (SSSR count). The number of hydrogen-bond acceptors (Lipinski definition) is 3. The lowest BCUT2D eigenvalue weighted by molar-refractivity contribution is 0.102. The van der Waals surface area contributed by atoms with Crippen molar-refractivity contribution in [2.24, 2.45) is 0 Å². The summed E-state index contributed by atoms with van der Waals surface area (Å²) in [5.41, 5.74) is 7.59. The van der Waals surface area contributed by atoms with Gasteiger partial charge in [-0.05, 0) is 49.7 Å². The predicted molar refractivity (Wildman–Crippen MR) is 81.1 cm³/mol. The summed E-state index contributed by atoms with van der Waals surface area (Å²) in [4.78, 5) is 12.2. The van der Waals surface area contributed by atoms with Crippen LogP contribution >= 0.6 is 0 Å². The normalized spacial score (nSPS) is 10.2. The van der Waals surface area contributed by atoms with E-state index in [0.29, 0.717) is 34.9 Å². The molecule has 0 aliphatic heterocycles. The zero-order valence-corrected chi connectivity index (χ0v) is 11.9. The maximum atomic E-state index is 13.2. The number of amides is 1. The number of nitrogen functional groups attached to an aromatic ring is 1. The topological polar surface area (TPSA) is 64.3 Å². The van der Waals surface area contributed by atoms with Gasteiger partial charge < -0.3 is 15.8 Å². The summed E-state index contributed by atoms with van der Waals surface area (Å²) in [5, 5.41) is 2.71. The Morgan fingerprint density at radius 2 is 2.05 bits per heavy atom. The third-order valence-electron chi connectivity index (χ3n) is 2.92. The van der Waals surface area contributed by atoms with Crippen molar-refractivity contribution in [1.82, 2.24) is 0 Å². The van der Waals surface area contributed by atoms with Crippen LogP contribution in [0.25, 0.3) is 0 Å². The van der Waals surface area contributed by atoms with Crippen LogP contribution < -0.4 is 15.8 Å². The van der Waals surface area contributed by atoms with E-state index >= 15 is 0 Å². The molecule has 0 unspecified atom stereocenters. The Hall–Kier alpha value is -2.56. The standard InChI is InChI=1S/C16H17FN2O2/c1-3-21-14-8-11(7-12(18)9-14)16(20)19-13-4-5-15(17)10(2)6-13/h4-9H,3,18H2,1-2H3,(H,19,20). The molecule has 2 aromatic rings. The van der Waals surface area contributed by atoms with Crippen molar-refractivity contribution in [2.75, 3.05) is 17.7 Å². The minimum Gasteiger partial charge on any atom is -0.494 e. The molecule has 110 valence electrons. The van der Waals surface area contributed by atoms with Gasteiger partial charge in [0.1, 0.15) is 11.6 Å². The number of benzene rings is 2. The molecule has 0 aliphatic carbocycles. The second-order valence-electron chi connectivity index (χ2n) is 4.64. The lowest BCUT2D eigenvalue weighted by Crippen LogP contribution is -2.12. The van der Waals surface area contributed by atoms with Crippen LogP contribution in [0.2, 0.25) is 0 Å². The number of nitrogens with two attached hydrogens (primary N) is 1. The van der Waals surface area contributed by atoms with E-state index in [1.54, 1.807) is 31.2 Å². The summed E-state index contributed by atoms with van der Waals surface area (Å²) in [5.74, 6) is -0.0946. The summed E-state index contributed by atoms with van der Waals surface area (Å²) in [7, 11) is 0. The highest BCUT2D eigenvalue weighted by molar-refractivity contribution is 6.05. The fourth-order valence-corrected chi connectivity index (χ4v) is 1.93. The van der Waals surface area contributed by atoms with Gasteiger partial charge in [0.2, 0.25) is 0 Å². The maximum absolute atomic E-state index is 13.2. The lowest BCUT2D eigenvalue weighted by Gasteiger charge is -2.09. The SMILES string of the molecule is CCOc1cc(N)cc(C(=O)Nc2ccc(F)c(C)c2)c1. The van der Waals surface area contributed by atoms with Crippen LogP contribution in [0.5, 0.6) is 5.75 Å². The van der Waals surface area contributed by atoms with E-state index in [1.807, 2.05) is 6.92 Å². The molecule has 2 aromatic carbocycles. The number of carbonyl (C=O) groups excluding carboxylic acids is 1. The quantitative estimate of drug-likeness (QED) is 0.848. The van der Waals surface area contributed by atoms with Gasteiger partial charge in [0.25, 0.3) is 5.91 Å². The molecular formula is C16H17FN2O2. The minimum atomic E-state index is -0.325. The molecule has 0 bridgehead atoms. The molecule has 4 nitrogen and oxygen atoms in total. The Labute approximate surface area is 122 Å². The van der Waals surface area contributed by atoms with Crippen LogP contribution in [0, 0.1) is 12.7 Å². The van der Waals surface area contributed by atoms with Crippen LogP contribution in [-0.4, -0.2) is 12.5 Å². The molecule has 0 aliphatic rings. The van der Waals surface area contributed by atoms with E-state index in [9.17, 15) is 9.18 Å². The summed E-state index contributed by atoms with van der Waals surface area (Å²) in [6, 6.07) is 9.23. The first kappa shape index (κ1) is 14.8. The average Bonchev–Trinajstić information content (AvgIpc) is 2.42. The molecule has 3 N–H and O–H groups in total. The third-order valence-corrected chi connectivity index (χ3v) is 2.92. The van der Waals surface area contributed by atoms with Gasteiger partial charge in [-0.3, -0.25) is 4.79 Å². The molecule has 0 fully saturated rings. The van der Waals surface area contributed by atoms with Gasteiger partial charge in [0.05, 0.1) is 6.61 Å². The van der Waals surface area contributed by atoms with Crippen LogP contribution in [0.1, 0.15) is 22.8 Å². The first-order chi connectivity index (χ1) is 9.99. The van der Waals surface area contributed by atoms with Crippen LogP contribution in [-0.2, 0) is 0 Å². The fourth-order valence-electron chi connectivity index (χ4n) is 1.93. The Bertz CT molecular complexity index is 671. The van der Waals surface area contributed by atoms with E-state index in [0.717, 1.165) is 0 Å². The van der Waals surface area contributed by atoms with E-state index in [1.165, 1.54) is 12.1 Å². The van der Waals surface area contributed by atoms with Crippen molar-refractivity contribution >= 4 is 17.3 Å². The van der Waals surface area contributed by atoms with E-state index in [-0.39, 0.29) is 11.7 Å². The number of aryl methyl sites for hydroxylation is 1. The molecule has 0 radical (unpaired) electrons. The van der Waals surface area contributed by atoms with Gasteiger partial charge in [-0.1, -0.05) is 0 Å². The lowest BCUT2D eigenvalue weighted by atomic mass is 10.1. The van der Waals surface area contributed by atoms with Gasteiger partial charge in [-0.2, -0.15) is 0 Å². The van der Waals surface area contributed by atoms with Crippen molar-refractivity contribution in [1.29, 1.82) is 0 Å². The van der Waals surface area contributed by atoms with Crippen LogP contribution in [0.4, 0.5) is 15.8 Å². The number of halogens is 1. The van der Waals surface area contributed by atoms with Crippen molar-refractivity contribution < 1.29 is 13.9 Å². The maximum Gasteiger partial charge on any atom is 0.255 e. The fraction of sp³-hybridized carbons (Fsp3) is 0.188. The average molecular weight is 288 g/mol. The summed E-state index contributed by atoms with van der Waals surface area (Å²) < 4.78 is 18.6. The number of rotatable bonds is 4. The molecule has 0 saturated heterocycles. The smallest absolute Gasteiger partial charge is 0.255 e. The second-order valence-corrected chi connectivity index (χ2v) is 4.64. The molecule has 1 amide bonds. The zero-order chi connectivity index (χ0) is 15.4. The zero-order valence-electron chi connectivity index (χ0n) is 11.9. The minimum absolute atomic E-state index is 0.310. The second kappa shape index (κ2) is 6.26. The Kier molecular flexibility index (Phi) is 4.42. The molecule has 0 spiro atoms. The molecular weight excluding hydrogens is 271 g/mol. The predicted octanol–water partition coefficient (Wildman–Crippen LogP) is 3.37. The highest BCUT2D eigenvalue weighted by Crippen LogP contribution is 2.21. The number of hydrogen-bond donors (Lipinski definition) is 2.